The number of carbonyl (C=O) groups is 1. The van der Waals surface area contributed by atoms with E-state index in [4.69, 9.17) is 4.74 Å². The highest BCUT2D eigenvalue weighted by molar-refractivity contribution is 7.07. The molecule has 0 aliphatic carbocycles. The van der Waals surface area contributed by atoms with Crippen molar-refractivity contribution < 1.29 is 18.8 Å². The minimum Gasteiger partial charge on any atom is -0.466 e. The maximum absolute atomic E-state index is 13.5. The number of thiazole rings is 1. The number of ether oxygens (including phenoxy) is 1. The van der Waals surface area contributed by atoms with Crippen LogP contribution < -0.4 is 14.9 Å². The summed E-state index contributed by atoms with van der Waals surface area (Å²) in [7, 11) is 1.23. The van der Waals surface area contributed by atoms with Gasteiger partial charge in [-0.2, -0.15) is 0 Å². The van der Waals surface area contributed by atoms with Crippen molar-refractivity contribution in [3.63, 3.8) is 0 Å². The van der Waals surface area contributed by atoms with Crippen LogP contribution in [-0.2, 0) is 9.53 Å². The minimum absolute atomic E-state index is 0.0977. The Bertz CT molecular complexity index is 1450. The number of hydrogen-bond donors (Lipinski definition) is 0. The van der Waals surface area contributed by atoms with Crippen LogP contribution in [0.2, 0.25) is 0 Å². The lowest BCUT2D eigenvalue weighted by Crippen LogP contribution is -2.39. The maximum Gasteiger partial charge on any atom is 0.338 e. The van der Waals surface area contributed by atoms with E-state index in [0.29, 0.717) is 21.6 Å². The number of hydrogen-bond acceptors (Lipinski definition) is 7. The molecule has 10 heteroatoms. The second kappa shape index (κ2) is 8.31. The lowest BCUT2D eigenvalue weighted by atomic mass is 9.96. The fourth-order valence-electron chi connectivity index (χ4n) is 3.53. The lowest BCUT2D eigenvalue weighted by Gasteiger charge is -2.24. The molecule has 3 aromatic rings. The summed E-state index contributed by atoms with van der Waals surface area (Å²) in [5, 5.41) is 11.1. The Balaban J connectivity index is 1.95. The van der Waals surface area contributed by atoms with Gasteiger partial charge in [0, 0.05) is 12.1 Å². The Morgan fingerprint density at radius 1 is 1.28 bits per heavy atom. The molecule has 162 valence electrons. The molecule has 8 nitrogen and oxygen atoms in total. The number of nitrogens with zero attached hydrogens (tertiary/aromatic N) is 3. The molecule has 2 aromatic carbocycles. The van der Waals surface area contributed by atoms with E-state index in [1.54, 1.807) is 13.0 Å². The highest BCUT2D eigenvalue weighted by Gasteiger charge is 2.33. The van der Waals surface area contributed by atoms with E-state index in [2.05, 4.69) is 4.99 Å². The molecule has 1 aliphatic heterocycles. The Morgan fingerprint density at radius 3 is 2.66 bits per heavy atom. The monoisotopic (exact) mass is 453 g/mol. The highest BCUT2D eigenvalue weighted by Crippen LogP contribution is 2.30. The summed E-state index contributed by atoms with van der Waals surface area (Å²) >= 11 is 1.10. The smallest absolute Gasteiger partial charge is 0.338 e. The van der Waals surface area contributed by atoms with Gasteiger partial charge in [0.25, 0.3) is 11.2 Å². The van der Waals surface area contributed by atoms with Gasteiger partial charge in [-0.25, -0.2) is 14.2 Å². The first-order chi connectivity index (χ1) is 15.3. The molecule has 1 aliphatic rings. The number of nitro benzene ring substituents is 1. The molecule has 0 fully saturated rings. The summed E-state index contributed by atoms with van der Waals surface area (Å²) in [6.07, 6.45) is 1.54. The average molecular weight is 453 g/mol. The summed E-state index contributed by atoms with van der Waals surface area (Å²) in [6, 6.07) is 10.5. The van der Waals surface area contributed by atoms with Gasteiger partial charge < -0.3 is 4.74 Å². The van der Waals surface area contributed by atoms with Crippen molar-refractivity contribution in [3.05, 3.63) is 107 Å². The van der Waals surface area contributed by atoms with Crippen LogP contribution in [0.15, 0.2) is 69.6 Å². The van der Waals surface area contributed by atoms with Gasteiger partial charge in [0.05, 0.1) is 33.9 Å². The lowest BCUT2D eigenvalue weighted by molar-refractivity contribution is -0.384. The van der Waals surface area contributed by atoms with Crippen molar-refractivity contribution in [1.82, 2.24) is 4.57 Å². The predicted molar refractivity (Wildman–Crippen MR) is 115 cm³/mol. The van der Waals surface area contributed by atoms with E-state index < -0.39 is 28.3 Å². The molecule has 0 radical (unpaired) electrons. The first-order valence-electron chi connectivity index (χ1n) is 9.41. The van der Waals surface area contributed by atoms with Gasteiger partial charge in [-0.1, -0.05) is 35.6 Å². The number of nitro groups is 1. The van der Waals surface area contributed by atoms with Crippen LogP contribution >= 0.6 is 11.3 Å². The van der Waals surface area contributed by atoms with Crippen molar-refractivity contribution in [2.75, 3.05) is 7.11 Å². The molecular weight excluding hydrogens is 437 g/mol. The summed E-state index contributed by atoms with van der Waals surface area (Å²) < 4.78 is 20.1. The van der Waals surface area contributed by atoms with Crippen molar-refractivity contribution in [3.8, 4) is 0 Å². The standard InChI is InChI=1S/C22H16FN3O5S/c1-12-18(21(28)31-2)19(14-6-8-15(23)9-7-14)25-20(27)17(32-22(25)24-12)11-13-4-3-5-16(10-13)26(29)30/h3-11,19H,1-2H3/b17-11+/t19-/m1/s1. The van der Waals surface area contributed by atoms with Crippen molar-refractivity contribution in [2.45, 2.75) is 13.0 Å². The van der Waals surface area contributed by atoms with Crippen molar-refractivity contribution >= 4 is 29.1 Å². The van der Waals surface area contributed by atoms with Gasteiger partial charge in [0.15, 0.2) is 4.80 Å². The summed E-state index contributed by atoms with van der Waals surface area (Å²) in [5.41, 5.74) is 1.03. The Hall–Kier alpha value is -3.92. The zero-order valence-electron chi connectivity index (χ0n) is 16.9. The SMILES string of the molecule is COC(=O)C1=C(C)N=c2s/c(=C/c3cccc([N+](=O)[O-])c3)c(=O)n2[C@@H]1c1ccc(F)cc1. The summed E-state index contributed by atoms with van der Waals surface area (Å²) in [5.74, 6) is -1.10. The van der Waals surface area contributed by atoms with Gasteiger partial charge >= 0.3 is 5.97 Å². The van der Waals surface area contributed by atoms with Crippen LogP contribution in [0.5, 0.6) is 0 Å². The molecule has 0 unspecified atom stereocenters. The van der Waals surface area contributed by atoms with Crippen LogP contribution in [0.25, 0.3) is 6.08 Å². The number of benzene rings is 2. The second-order valence-corrected chi connectivity index (χ2v) is 7.99. The first kappa shape index (κ1) is 21.3. The largest absolute Gasteiger partial charge is 0.466 e. The number of esters is 1. The van der Waals surface area contributed by atoms with Crippen LogP contribution in [0.3, 0.4) is 0 Å². The third-order valence-corrected chi connectivity index (χ3v) is 5.97. The minimum atomic E-state index is -0.855. The van der Waals surface area contributed by atoms with Crippen LogP contribution in [0.4, 0.5) is 10.1 Å². The Labute approximate surface area is 184 Å². The molecule has 0 bridgehead atoms. The second-order valence-electron chi connectivity index (χ2n) is 6.98. The molecule has 0 N–H and O–H groups in total. The van der Waals surface area contributed by atoms with E-state index in [9.17, 15) is 24.1 Å². The van der Waals surface area contributed by atoms with E-state index in [1.165, 1.54) is 60.2 Å². The quantitative estimate of drug-likeness (QED) is 0.343. The summed E-state index contributed by atoms with van der Waals surface area (Å²) in [4.78, 5) is 41.2. The fourth-order valence-corrected chi connectivity index (χ4v) is 4.58. The van der Waals surface area contributed by atoms with E-state index in [0.717, 1.165) is 11.3 Å². The highest BCUT2D eigenvalue weighted by atomic mass is 32.1. The maximum atomic E-state index is 13.5. The van der Waals surface area contributed by atoms with E-state index in [1.807, 2.05) is 0 Å². The van der Waals surface area contributed by atoms with Crippen LogP contribution in [-0.4, -0.2) is 22.6 Å². The zero-order valence-corrected chi connectivity index (χ0v) is 17.8. The third kappa shape index (κ3) is 3.76. The van der Waals surface area contributed by atoms with Gasteiger partial charge in [0.2, 0.25) is 0 Å². The number of rotatable bonds is 4. The zero-order chi connectivity index (χ0) is 23.0. The molecule has 0 saturated carbocycles. The van der Waals surface area contributed by atoms with Gasteiger partial charge in [-0.3, -0.25) is 19.5 Å². The number of aromatic nitrogens is 1. The normalized spacial score (nSPS) is 15.8. The number of fused-ring (bicyclic) bond motifs is 1. The number of methoxy groups -OCH3 is 1. The predicted octanol–water partition coefficient (Wildman–Crippen LogP) is 2.46. The molecular formula is C22H16FN3O5S. The van der Waals surface area contributed by atoms with E-state index >= 15 is 0 Å². The van der Waals surface area contributed by atoms with E-state index in [-0.39, 0.29) is 15.8 Å². The number of carbonyl (C=O) groups excluding carboxylic acids is 1. The fraction of sp³-hybridized carbons (Fsp3) is 0.136. The molecule has 32 heavy (non-hydrogen) atoms. The van der Waals surface area contributed by atoms with Crippen LogP contribution in [0, 0.1) is 15.9 Å². The topological polar surface area (TPSA) is 104 Å². The number of halogens is 1. The number of allylic oxidation sites excluding steroid dienone is 1. The van der Waals surface area contributed by atoms with Gasteiger partial charge in [-0.15, -0.1) is 0 Å². The third-order valence-electron chi connectivity index (χ3n) is 4.99. The van der Waals surface area contributed by atoms with Crippen molar-refractivity contribution in [1.29, 1.82) is 0 Å². The van der Waals surface area contributed by atoms with Gasteiger partial charge in [-0.05, 0) is 36.3 Å². The molecule has 1 atom stereocenters. The molecule has 1 aromatic heterocycles. The molecule has 2 heterocycles. The molecule has 0 saturated heterocycles. The van der Waals surface area contributed by atoms with Crippen LogP contribution in [0.1, 0.15) is 24.1 Å². The Morgan fingerprint density at radius 2 is 2.00 bits per heavy atom. The molecule has 0 amide bonds. The first-order valence-corrected chi connectivity index (χ1v) is 10.2. The molecule has 4 rings (SSSR count). The molecule has 0 spiro atoms. The van der Waals surface area contributed by atoms with Gasteiger partial charge in [0.1, 0.15) is 5.82 Å². The average Bonchev–Trinajstić information content (AvgIpc) is 3.07. The Kier molecular flexibility index (Phi) is 5.54. The van der Waals surface area contributed by atoms with Crippen molar-refractivity contribution in [2.24, 2.45) is 4.99 Å². The summed E-state index contributed by atoms with van der Waals surface area (Å²) in [6.45, 7) is 1.64. The number of non-ortho nitro benzene ring substituents is 1.